The smallest absolute Gasteiger partial charge is 0.194 e. The molecule has 0 aliphatic carbocycles. The van der Waals surface area contributed by atoms with Gasteiger partial charge in [-0.25, -0.2) is 4.21 Å². The van der Waals surface area contributed by atoms with Gasteiger partial charge in [0.2, 0.25) is 0 Å². The first-order valence-corrected chi connectivity index (χ1v) is 8.02. The molecule has 0 bridgehead atoms. The molecule has 0 N–H and O–H groups in total. The van der Waals surface area contributed by atoms with Crippen LogP contribution >= 0.6 is 0 Å². The van der Waals surface area contributed by atoms with Crippen molar-refractivity contribution in [1.82, 2.24) is 0 Å². The van der Waals surface area contributed by atoms with Crippen LogP contribution in [-0.4, -0.2) is 17.1 Å². The zero-order valence-corrected chi connectivity index (χ0v) is 12.6. The number of ketones is 1. The molecule has 1 unspecified atom stereocenters. The van der Waals surface area contributed by atoms with Crippen LogP contribution in [0.25, 0.3) is 10.8 Å². The Hall–Kier alpha value is -2.46. The number of carbonyl (C=O) groups excluding carboxylic acids is 1. The predicted molar refractivity (Wildman–Crippen MR) is 85.0 cm³/mol. The molecule has 3 aromatic rings. The fourth-order valence-corrected chi connectivity index (χ4v) is 4.46. The van der Waals surface area contributed by atoms with Gasteiger partial charge in [0, 0.05) is 16.5 Å². The van der Waals surface area contributed by atoms with Gasteiger partial charge < -0.3 is 4.74 Å². The van der Waals surface area contributed by atoms with Crippen LogP contribution in [0.15, 0.2) is 64.4 Å². The lowest BCUT2D eigenvalue weighted by Gasteiger charge is -2.11. The van der Waals surface area contributed by atoms with Crippen molar-refractivity contribution in [2.45, 2.75) is 9.79 Å². The Morgan fingerprint density at radius 2 is 1.68 bits per heavy atom. The number of methoxy groups -OCH3 is 1. The van der Waals surface area contributed by atoms with Gasteiger partial charge >= 0.3 is 0 Å². The van der Waals surface area contributed by atoms with Crippen LogP contribution in [0.4, 0.5) is 0 Å². The van der Waals surface area contributed by atoms with E-state index in [0.29, 0.717) is 26.7 Å². The molecule has 0 saturated heterocycles. The maximum Gasteiger partial charge on any atom is 0.194 e. The van der Waals surface area contributed by atoms with Gasteiger partial charge in [0.1, 0.15) is 5.75 Å². The number of carbonyl (C=O) groups is 1. The third-order valence-electron chi connectivity index (χ3n) is 3.94. The summed E-state index contributed by atoms with van der Waals surface area (Å²) in [7, 11) is 0.0929. The molecule has 3 aromatic carbocycles. The number of rotatable bonds is 1. The summed E-state index contributed by atoms with van der Waals surface area (Å²) in [5.74, 6) is 0.448. The molecule has 0 aromatic heterocycles. The van der Waals surface area contributed by atoms with E-state index in [1.807, 2.05) is 18.2 Å². The van der Waals surface area contributed by atoms with Crippen LogP contribution in [-0.2, 0) is 10.8 Å². The Bertz CT molecular complexity index is 960. The van der Waals surface area contributed by atoms with Crippen molar-refractivity contribution < 1.29 is 13.7 Å². The molecule has 4 heteroatoms. The maximum absolute atomic E-state index is 13.1. The first-order valence-electron chi connectivity index (χ1n) is 6.87. The normalized spacial score (nSPS) is 16.2. The van der Waals surface area contributed by atoms with E-state index in [1.165, 1.54) is 0 Å². The third kappa shape index (κ3) is 1.67. The van der Waals surface area contributed by atoms with Crippen molar-refractivity contribution in [3.05, 3.63) is 65.7 Å². The van der Waals surface area contributed by atoms with Crippen LogP contribution in [0.5, 0.6) is 5.75 Å². The minimum absolute atomic E-state index is 0.0958. The summed E-state index contributed by atoms with van der Waals surface area (Å²) in [5, 5.41) is 1.61. The second kappa shape index (κ2) is 4.78. The van der Waals surface area contributed by atoms with E-state index < -0.39 is 10.8 Å². The van der Waals surface area contributed by atoms with Crippen molar-refractivity contribution in [2.24, 2.45) is 0 Å². The molecular weight excluding hydrogens is 296 g/mol. The second-order valence-electron chi connectivity index (χ2n) is 5.09. The Labute approximate surface area is 130 Å². The zero-order chi connectivity index (χ0) is 15.3. The highest BCUT2D eigenvalue weighted by Crippen LogP contribution is 2.39. The molecule has 4 rings (SSSR count). The van der Waals surface area contributed by atoms with E-state index >= 15 is 0 Å². The average Bonchev–Trinajstić information content (AvgIpc) is 2.67. The van der Waals surface area contributed by atoms with Gasteiger partial charge in [0.05, 0.1) is 27.7 Å². The first kappa shape index (κ1) is 13.2. The van der Waals surface area contributed by atoms with Crippen LogP contribution in [0.2, 0.25) is 0 Å². The largest absolute Gasteiger partial charge is 0.495 e. The molecule has 0 saturated carbocycles. The number of hydrogen-bond donors (Lipinski definition) is 0. The molecule has 3 nitrogen and oxygen atoms in total. The molecule has 108 valence electrons. The van der Waals surface area contributed by atoms with Gasteiger partial charge in [-0.2, -0.15) is 0 Å². The van der Waals surface area contributed by atoms with Gasteiger partial charge in [-0.3, -0.25) is 4.79 Å². The topological polar surface area (TPSA) is 43.4 Å². The standard InChI is InChI=1S/C18H12O3S/c1-21-14-10-9-11-5-4-7-13-16(11)18(14)22(20)15-8-3-2-6-12(15)17(13)19/h2-10H,1H3. The summed E-state index contributed by atoms with van der Waals surface area (Å²) >= 11 is 0. The summed E-state index contributed by atoms with van der Waals surface area (Å²) in [5.41, 5.74) is 1.07. The van der Waals surface area contributed by atoms with Gasteiger partial charge in [0.25, 0.3) is 0 Å². The first-order chi connectivity index (χ1) is 10.7. The summed E-state index contributed by atoms with van der Waals surface area (Å²) in [6.45, 7) is 0. The minimum Gasteiger partial charge on any atom is -0.495 e. The average molecular weight is 308 g/mol. The lowest BCUT2D eigenvalue weighted by Crippen LogP contribution is -2.03. The molecule has 0 radical (unpaired) electrons. The van der Waals surface area contributed by atoms with Crippen LogP contribution < -0.4 is 4.74 Å². The monoisotopic (exact) mass is 308 g/mol. The van der Waals surface area contributed by atoms with Crippen molar-refractivity contribution in [3.63, 3.8) is 0 Å². The minimum atomic E-state index is -1.46. The number of fused-ring (bicyclic) bond motifs is 1. The van der Waals surface area contributed by atoms with Gasteiger partial charge in [-0.05, 0) is 23.6 Å². The van der Waals surface area contributed by atoms with Gasteiger partial charge in [-0.15, -0.1) is 0 Å². The molecule has 22 heavy (non-hydrogen) atoms. The van der Waals surface area contributed by atoms with Crippen LogP contribution in [0.3, 0.4) is 0 Å². The molecular formula is C18H12O3S. The molecule has 0 spiro atoms. The molecule has 1 atom stereocenters. The highest BCUT2D eigenvalue weighted by molar-refractivity contribution is 7.85. The number of hydrogen-bond acceptors (Lipinski definition) is 3. The van der Waals surface area contributed by atoms with E-state index in [9.17, 15) is 9.00 Å². The van der Waals surface area contributed by atoms with E-state index in [4.69, 9.17) is 4.74 Å². The summed E-state index contributed by atoms with van der Waals surface area (Å²) in [6.07, 6.45) is 0. The van der Waals surface area contributed by atoms with Gasteiger partial charge in [-0.1, -0.05) is 36.4 Å². The van der Waals surface area contributed by atoms with E-state index in [2.05, 4.69) is 0 Å². The Morgan fingerprint density at radius 3 is 2.50 bits per heavy atom. The quantitative estimate of drug-likeness (QED) is 0.540. The second-order valence-corrected chi connectivity index (χ2v) is 6.48. The van der Waals surface area contributed by atoms with Gasteiger partial charge in [0.15, 0.2) is 5.78 Å². The van der Waals surface area contributed by atoms with Crippen LogP contribution in [0.1, 0.15) is 15.9 Å². The summed E-state index contributed by atoms with van der Waals surface area (Å²) in [6, 6.07) is 16.3. The third-order valence-corrected chi connectivity index (χ3v) is 5.47. The molecule has 1 aliphatic heterocycles. The fourth-order valence-electron chi connectivity index (χ4n) is 2.93. The highest BCUT2D eigenvalue weighted by Gasteiger charge is 2.29. The van der Waals surface area contributed by atoms with Crippen molar-refractivity contribution >= 4 is 27.4 Å². The Kier molecular flexibility index (Phi) is 2.87. The Balaban J connectivity index is 2.24. The lowest BCUT2D eigenvalue weighted by molar-refractivity contribution is 0.103. The summed E-state index contributed by atoms with van der Waals surface area (Å²) < 4.78 is 18.5. The summed E-state index contributed by atoms with van der Waals surface area (Å²) in [4.78, 5) is 14.0. The Morgan fingerprint density at radius 1 is 0.909 bits per heavy atom. The lowest BCUT2D eigenvalue weighted by atomic mass is 9.97. The van der Waals surface area contributed by atoms with Crippen molar-refractivity contribution in [3.8, 4) is 5.75 Å². The number of ether oxygens (including phenoxy) is 1. The van der Waals surface area contributed by atoms with Crippen molar-refractivity contribution in [2.75, 3.05) is 7.11 Å². The van der Waals surface area contributed by atoms with Crippen LogP contribution in [0, 0.1) is 0 Å². The van der Waals surface area contributed by atoms with E-state index in [-0.39, 0.29) is 5.78 Å². The molecule has 0 amide bonds. The SMILES string of the molecule is COc1ccc2cccc3c2c1S(=O)c1ccccc1C3=O. The number of benzene rings is 3. The molecule has 0 fully saturated rings. The zero-order valence-electron chi connectivity index (χ0n) is 11.8. The molecule has 1 heterocycles. The predicted octanol–water partition coefficient (Wildman–Crippen LogP) is 3.56. The fraction of sp³-hybridized carbons (Fsp3) is 0.0556. The van der Waals surface area contributed by atoms with E-state index in [1.54, 1.807) is 43.5 Å². The highest BCUT2D eigenvalue weighted by atomic mass is 32.2. The molecule has 1 aliphatic rings. The van der Waals surface area contributed by atoms with Crippen molar-refractivity contribution in [1.29, 1.82) is 0 Å². The van der Waals surface area contributed by atoms with E-state index in [0.717, 1.165) is 10.8 Å². The maximum atomic E-state index is 13.1.